The Morgan fingerprint density at radius 2 is 1.93 bits per heavy atom. The normalized spacial score (nSPS) is 11.3. The van der Waals surface area contributed by atoms with E-state index in [0.29, 0.717) is 0 Å². The van der Waals surface area contributed by atoms with Crippen LogP contribution >= 0.6 is 28.1 Å². The molecule has 1 nitrogen and oxygen atoms in total. The first kappa shape index (κ1) is 12.7. The molecule has 0 aliphatic carbocycles. The third-order valence-electron chi connectivity index (χ3n) is 2.05. The van der Waals surface area contributed by atoms with Crippen LogP contribution in [0.5, 0.6) is 0 Å². The van der Waals surface area contributed by atoms with Crippen molar-refractivity contribution in [3.05, 3.63) is 28.2 Å². The molecule has 0 bridgehead atoms. The fourth-order valence-corrected chi connectivity index (χ4v) is 1.50. The summed E-state index contributed by atoms with van der Waals surface area (Å²) >= 11 is 8.85. The zero-order valence-electron chi connectivity index (χ0n) is 9.52. The molecule has 0 saturated carbocycles. The Bertz CT molecular complexity index is 380. The van der Waals surface area contributed by atoms with Gasteiger partial charge in [-0.1, -0.05) is 39.1 Å². The number of anilines is 1. The van der Waals surface area contributed by atoms with E-state index >= 15 is 0 Å². The Balaban J connectivity index is 2.90. The monoisotopic (exact) mass is 285 g/mol. The van der Waals surface area contributed by atoms with Gasteiger partial charge in [0.05, 0.1) is 10.7 Å². The van der Waals surface area contributed by atoms with Crippen LogP contribution in [0.25, 0.3) is 0 Å². The fraction of sp³-hybridized carbons (Fsp3) is 0.417. The number of nitrogens with one attached hydrogen (secondary N) is 1. The van der Waals surface area contributed by atoms with E-state index in [1.54, 1.807) is 0 Å². The van der Waals surface area contributed by atoms with Gasteiger partial charge in [-0.05, 0) is 40.5 Å². The molecule has 82 valence electrons. The van der Waals surface area contributed by atoms with Crippen LogP contribution in [0, 0.1) is 12.3 Å². The first-order valence-electron chi connectivity index (χ1n) is 4.88. The van der Waals surface area contributed by atoms with Crippen molar-refractivity contribution in [1.29, 1.82) is 0 Å². The Morgan fingerprint density at radius 1 is 1.33 bits per heavy atom. The molecule has 0 aliphatic heterocycles. The molecular weight excluding hydrogens is 270 g/mol. The van der Waals surface area contributed by atoms with Crippen LogP contribution in [0.3, 0.4) is 0 Å². The van der Waals surface area contributed by atoms with Crippen molar-refractivity contribution in [1.82, 2.24) is 0 Å². The predicted octanol–water partition coefficient (Wildman–Crippen LogP) is 4.54. The molecule has 0 aromatic heterocycles. The average molecular weight is 286 g/mol. The summed E-state index contributed by atoms with van der Waals surface area (Å²) in [5.41, 5.74) is 2.26. The highest BCUT2D eigenvalue weighted by Gasteiger charge is 2.17. The van der Waals surface area contributed by atoms with Crippen LogP contribution in [0.4, 0.5) is 5.69 Å². The predicted molar refractivity (Wildman–Crippen MR) is 74.6 cm³/mol. The van der Waals surface area contributed by atoms with Crippen LogP contribution in [-0.2, 0) is 0 Å². The van der Waals surface area contributed by atoms with Crippen LogP contribution in [0.2, 0.25) is 0 Å². The van der Waals surface area contributed by atoms with Crippen LogP contribution < -0.4 is 5.32 Å². The number of hydrogen-bond donors (Lipinski definition) is 1. The highest BCUT2D eigenvalue weighted by Crippen LogP contribution is 2.26. The van der Waals surface area contributed by atoms with E-state index < -0.39 is 0 Å². The maximum absolute atomic E-state index is 5.34. The van der Waals surface area contributed by atoms with Gasteiger partial charge in [0.2, 0.25) is 0 Å². The second-order valence-electron chi connectivity index (χ2n) is 4.69. The van der Waals surface area contributed by atoms with Crippen molar-refractivity contribution in [2.45, 2.75) is 27.7 Å². The fourth-order valence-electron chi connectivity index (χ4n) is 1.04. The zero-order valence-corrected chi connectivity index (χ0v) is 11.9. The van der Waals surface area contributed by atoms with E-state index in [2.05, 4.69) is 61.1 Å². The molecule has 3 heteroatoms. The molecule has 0 atom stereocenters. The lowest BCUT2D eigenvalue weighted by Crippen LogP contribution is -2.25. The zero-order chi connectivity index (χ0) is 11.6. The molecule has 0 radical (unpaired) electrons. The molecule has 0 aliphatic rings. The summed E-state index contributed by atoms with van der Waals surface area (Å²) in [6.07, 6.45) is 0. The molecule has 1 N–H and O–H groups in total. The molecule has 0 saturated heterocycles. The minimum Gasteiger partial charge on any atom is -0.349 e. The Morgan fingerprint density at radius 3 is 2.47 bits per heavy atom. The van der Waals surface area contributed by atoms with E-state index in [9.17, 15) is 0 Å². The van der Waals surface area contributed by atoms with Gasteiger partial charge in [-0.25, -0.2) is 0 Å². The number of rotatable bonds is 1. The van der Waals surface area contributed by atoms with Crippen molar-refractivity contribution >= 4 is 38.8 Å². The van der Waals surface area contributed by atoms with Gasteiger partial charge in [0, 0.05) is 9.89 Å². The van der Waals surface area contributed by atoms with Crippen molar-refractivity contribution < 1.29 is 0 Å². The lowest BCUT2D eigenvalue weighted by atomic mass is 9.96. The molecular formula is C12H16BrNS. The van der Waals surface area contributed by atoms with Crippen LogP contribution in [0.15, 0.2) is 22.7 Å². The van der Waals surface area contributed by atoms with E-state index in [1.165, 1.54) is 5.56 Å². The quantitative estimate of drug-likeness (QED) is 0.760. The Hall–Kier alpha value is -0.410. The molecule has 0 fully saturated rings. The second kappa shape index (κ2) is 4.62. The summed E-state index contributed by atoms with van der Waals surface area (Å²) in [4.78, 5) is 0.855. The van der Waals surface area contributed by atoms with Gasteiger partial charge in [0.25, 0.3) is 0 Å². The van der Waals surface area contributed by atoms with Crippen molar-refractivity contribution in [2.75, 3.05) is 5.32 Å². The highest BCUT2D eigenvalue weighted by atomic mass is 79.9. The largest absolute Gasteiger partial charge is 0.349 e. The smallest absolute Gasteiger partial charge is 0.0851 e. The maximum atomic E-state index is 5.34. The third kappa shape index (κ3) is 3.58. The first-order valence-corrected chi connectivity index (χ1v) is 6.08. The van der Waals surface area contributed by atoms with E-state index in [0.717, 1.165) is 15.1 Å². The van der Waals surface area contributed by atoms with Gasteiger partial charge in [0.1, 0.15) is 0 Å². The van der Waals surface area contributed by atoms with Gasteiger partial charge < -0.3 is 5.32 Å². The van der Waals surface area contributed by atoms with Crippen molar-refractivity contribution in [2.24, 2.45) is 5.41 Å². The molecule has 1 rings (SSSR count). The highest BCUT2D eigenvalue weighted by molar-refractivity contribution is 9.10. The number of benzene rings is 1. The molecule has 1 aromatic carbocycles. The lowest BCUT2D eigenvalue weighted by Gasteiger charge is -2.22. The average Bonchev–Trinajstić information content (AvgIpc) is 2.09. The maximum Gasteiger partial charge on any atom is 0.0851 e. The third-order valence-corrected chi connectivity index (χ3v) is 3.46. The topological polar surface area (TPSA) is 12.0 Å². The molecule has 0 amide bonds. The summed E-state index contributed by atoms with van der Waals surface area (Å²) in [5, 5.41) is 3.28. The van der Waals surface area contributed by atoms with E-state index in [-0.39, 0.29) is 5.41 Å². The summed E-state index contributed by atoms with van der Waals surface area (Å²) in [6.45, 7) is 8.38. The molecule has 0 unspecified atom stereocenters. The van der Waals surface area contributed by atoms with Crippen molar-refractivity contribution in [3.8, 4) is 0 Å². The van der Waals surface area contributed by atoms with Crippen LogP contribution in [-0.4, -0.2) is 4.99 Å². The molecule has 0 spiro atoms. The molecule has 0 heterocycles. The summed E-state index contributed by atoms with van der Waals surface area (Å²) in [5.74, 6) is 0. The Kier molecular flexibility index (Phi) is 3.90. The number of thiocarbonyl (C=S) groups is 1. The first-order chi connectivity index (χ1) is 6.80. The summed E-state index contributed by atoms with van der Waals surface area (Å²) in [6, 6.07) is 6.18. The number of halogens is 1. The minimum absolute atomic E-state index is 0.00147. The minimum atomic E-state index is -0.00147. The van der Waals surface area contributed by atoms with Gasteiger partial charge in [-0.15, -0.1) is 0 Å². The number of aryl methyl sites for hydroxylation is 1. The summed E-state index contributed by atoms with van der Waals surface area (Å²) in [7, 11) is 0. The van der Waals surface area contributed by atoms with Crippen molar-refractivity contribution in [3.63, 3.8) is 0 Å². The van der Waals surface area contributed by atoms with Crippen LogP contribution in [0.1, 0.15) is 26.3 Å². The second-order valence-corrected chi connectivity index (χ2v) is 5.95. The van der Waals surface area contributed by atoms with Gasteiger partial charge in [-0.3, -0.25) is 0 Å². The van der Waals surface area contributed by atoms with E-state index in [4.69, 9.17) is 12.2 Å². The van der Waals surface area contributed by atoms with Gasteiger partial charge >= 0.3 is 0 Å². The summed E-state index contributed by atoms with van der Waals surface area (Å²) < 4.78 is 1.04. The standard InChI is InChI=1S/C12H16BrNS/c1-8-5-6-9(13)10(7-8)14-11(15)12(2,3)4/h5-7H,1-4H3,(H,14,15). The molecule has 15 heavy (non-hydrogen) atoms. The van der Waals surface area contributed by atoms with Gasteiger partial charge in [0.15, 0.2) is 0 Å². The SMILES string of the molecule is Cc1ccc(Br)c(NC(=S)C(C)(C)C)c1. The van der Waals surface area contributed by atoms with E-state index in [1.807, 2.05) is 6.07 Å². The Labute approximate surface area is 105 Å². The van der Waals surface area contributed by atoms with Gasteiger partial charge in [-0.2, -0.15) is 0 Å². The molecule has 1 aromatic rings. The lowest BCUT2D eigenvalue weighted by molar-refractivity contribution is 0.599. The number of hydrogen-bond acceptors (Lipinski definition) is 1.